The van der Waals surface area contributed by atoms with Crippen LogP contribution in [0.2, 0.25) is 0 Å². The summed E-state index contributed by atoms with van der Waals surface area (Å²) in [6.45, 7) is 5.92. The molecule has 0 radical (unpaired) electrons. The van der Waals surface area contributed by atoms with Crippen molar-refractivity contribution in [2.24, 2.45) is 0 Å². The van der Waals surface area contributed by atoms with Crippen LogP contribution >= 0.6 is 11.8 Å². The van der Waals surface area contributed by atoms with E-state index in [4.69, 9.17) is 4.42 Å². The van der Waals surface area contributed by atoms with Crippen LogP contribution in [0.5, 0.6) is 0 Å². The van der Waals surface area contributed by atoms with Crippen molar-refractivity contribution in [2.45, 2.75) is 31.3 Å². The topological polar surface area (TPSA) is 102 Å². The van der Waals surface area contributed by atoms with Gasteiger partial charge in [-0.2, -0.15) is 4.31 Å². The van der Waals surface area contributed by atoms with E-state index in [0.29, 0.717) is 37.9 Å². The van der Waals surface area contributed by atoms with Crippen LogP contribution in [-0.2, 0) is 27.1 Å². The zero-order valence-corrected chi connectivity index (χ0v) is 20.3. The van der Waals surface area contributed by atoms with E-state index in [2.05, 4.69) is 10.2 Å². The number of aromatic nitrogens is 3. The summed E-state index contributed by atoms with van der Waals surface area (Å²) in [7, 11) is -3.41. The summed E-state index contributed by atoms with van der Waals surface area (Å²) in [4.78, 5) is 14.5. The van der Waals surface area contributed by atoms with E-state index in [1.54, 1.807) is 11.2 Å². The third-order valence-electron chi connectivity index (χ3n) is 5.63. The fraction of sp³-hybridized carbons (Fsp3) is 0.409. The second-order valence-electron chi connectivity index (χ2n) is 7.75. The second kappa shape index (κ2) is 10.1. The van der Waals surface area contributed by atoms with Crippen LogP contribution in [0.1, 0.15) is 18.2 Å². The zero-order valence-electron chi connectivity index (χ0n) is 18.7. The Labute approximate surface area is 197 Å². The fourth-order valence-corrected chi connectivity index (χ4v) is 6.23. The Kier molecular flexibility index (Phi) is 7.20. The van der Waals surface area contributed by atoms with Gasteiger partial charge in [0.25, 0.3) is 0 Å². The zero-order chi connectivity index (χ0) is 23.4. The molecule has 4 rings (SSSR count). The molecule has 0 saturated carbocycles. The molecule has 9 nitrogen and oxygen atoms in total. The largest absolute Gasteiger partial charge is 0.469 e. The molecule has 11 heteroatoms. The van der Waals surface area contributed by atoms with E-state index in [1.807, 2.05) is 54.8 Å². The highest BCUT2D eigenvalue weighted by Gasteiger charge is 2.29. The lowest BCUT2D eigenvalue weighted by atomic mass is 10.2. The molecule has 0 spiro atoms. The minimum Gasteiger partial charge on any atom is -0.469 e. The van der Waals surface area contributed by atoms with Crippen molar-refractivity contribution in [1.29, 1.82) is 0 Å². The Hall–Kier alpha value is -2.63. The average molecular weight is 490 g/mol. The van der Waals surface area contributed by atoms with Crippen molar-refractivity contribution < 1.29 is 17.6 Å². The Balaban J connectivity index is 1.32. The predicted octanol–water partition coefficient (Wildman–Crippen LogP) is 2.63. The lowest BCUT2D eigenvalue weighted by molar-refractivity contribution is -0.129. The number of hydrogen-bond acceptors (Lipinski definition) is 7. The maximum absolute atomic E-state index is 12.8. The number of rotatable bonds is 8. The molecule has 3 heterocycles. The normalized spacial score (nSPS) is 15.2. The highest BCUT2D eigenvalue weighted by molar-refractivity contribution is 7.99. The molecule has 3 aromatic rings. The van der Waals surface area contributed by atoms with Crippen molar-refractivity contribution in [2.75, 3.05) is 31.9 Å². The minimum atomic E-state index is -3.41. The van der Waals surface area contributed by atoms with Crippen LogP contribution in [0.4, 0.5) is 0 Å². The number of thioether (sulfide) groups is 1. The number of benzene rings is 1. The summed E-state index contributed by atoms with van der Waals surface area (Å²) in [5.41, 5.74) is 1.65. The SMILES string of the molecule is CCn1c(SCC(=O)N2CCN(S(=O)(=O)Cc3ccccc3)CC2)nnc1-c1ccoc1C. The number of carbonyl (C=O) groups excluding carboxylic acids is 1. The molecule has 1 aromatic carbocycles. The van der Waals surface area contributed by atoms with Crippen LogP contribution in [0.3, 0.4) is 0 Å². The molecule has 0 unspecified atom stereocenters. The Morgan fingerprint density at radius 1 is 1.09 bits per heavy atom. The molecule has 1 amide bonds. The van der Waals surface area contributed by atoms with Gasteiger partial charge in [-0.1, -0.05) is 42.1 Å². The Morgan fingerprint density at radius 3 is 2.45 bits per heavy atom. The maximum Gasteiger partial charge on any atom is 0.233 e. The van der Waals surface area contributed by atoms with Gasteiger partial charge in [-0.25, -0.2) is 8.42 Å². The van der Waals surface area contributed by atoms with Gasteiger partial charge in [-0.15, -0.1) is 10.2 Å². The molecular weight excluding hydrogens is 462 g/mol. The molecule has 176 valence electrons. The molecule has 1 aliphatic heterocycles. The molecule has 1 fully saturated rings. The van der Waals surface area contributed by atoms with Crippen molar-refractivity contribution in [3.05, 3.63) is 54.0 Å². The van der Waals surface area contributed by atoms with Crippen LogP contribution in [0.25, 0.3) is 11.4 Å². The van der Waals surface area contributed by atoms with Crippen LogP contribution in [0, 0.1) is 6.92 Å². The molecule has 0 atom stereocenters. The molecule has 1 saturated heterocycles. The molecule has 33 heavy (non-hydrogen) atoms. The van der Waals surface area contributed by atoms with Gasteiger partial charge < -0.3 is 13.9 Å². The number of hydrogen-bond donors (Lipinski definition) is 0. The highest BCUT2D eigenvalue weighted by atomic mass is 32.2. The molecule has 0 aliphatic carbocycles. The summed E-state index contributed by atoms with van der Waals surface area (Å²) >= 11 is 1.34. The molecule has 0 N–H and O–H groups in total. The molecule has 0 bridgehead atoms. The summed E-state index contributed by atoms with van der Waals surface area (Å²) in [6.07, 6.45) is 1.62. The summed E-state index contributed by atoms with van der Waals surface area (Å²) < 4.78 is 34.3. The third kappa shape index (κ3) is 5.31. The van der Waals surface area contributed by atoms with Gasteiger partial charge >= 0.3 is 0 Å². The van der Waals surface area contributed by atoms with Gasteiger partial charge in [0.05, 0.1) is 23.3 Å². The standard InChI is InChI=1S/C22H27N5O4S2/c1-3-27-21(19-9-14-31-17(19)2)23-24-22(27)32-15-20(28)25-10-12-26(13-11-25)33(29,30)16-18-7-5-4-6-8-18/h4-9,14H,3,10-13,15-16H2,1-2H3. The summed E-state index contributed by atoms with van der Waals surface area (Å²) in [5, 5.41) is 9.22. The predicted molar refractivity (Wildman–Crippen MR) is 126 cm³/mol. The first-order chi connectivity index (χ1) is 15.9. The summed E-state index contributed by atoms with van der Waals surface area (Å²) in [5.74, 6) is 1.65. The number of carbonyl (C=O) groups is 1. The van der Waals surface area contributed by atoms with Gasteiger partial charge in [0.15, 0.2) is 11.0 Å². The number of piperazine rings is 1. The van der Waals surface area contributed by atoms with Gasteiger partial charge in [0.2, 0.25) is 15.9 Å². The van der Waals surface area contributed by atoms with Crippen LogP contribution in [0.15, 0.2) is 52.2 Å². The summed E-state index contributed by atoms with van der Waals surface area (Å²) in [6, 6.07) is 11.0. The van der Waals surface area contributed by atoms with Crippen molar-refractivity contribution in [3.8, 4) is 11.4 Å². The smallest absolute Gasteiger partial charge is 0.233 e. The second-order valence-corrected chi connectivity index (χ2v) is 10.7. The number of amides is 1. The van der Waals surface area contributed by atoms with Gasteiger partial charge in [0.1, 0.15) is 5.76 Å². The van der Waals surface area contributed by atoms with Crippen LogP contribution < -0.4 is 0 Å². The van der Waals surface area contributed by atoms with Gasteiger partial charge in [-0.3, -0.25) is 4.79 Å². The lowest BCUT2D eigenvalue weighted by Gasteiger charge is -2.34. The van der Waals surface area contributed by atoms with Gasteiger partial charge in [-0.05, 0) is 25.5 Å². The number of aryl methyl sites for hydroxylation is 1. The van der Waals surface area contributed by atoms with E-state index in [-0.39, 0.29) is 17.4 Å². The van der Waals surface area contributed by atoms with E-state index < -0.39 is 10.0 Å². The number of furan rings is 1. The monoisotopic (exact) mass is 489 g/mol. The average Bonchev–Trinajstić information content (AvgIpc) is 3.43. The first kappa shape index (κ1) is 23.5. The quantitative estimate of drug-likeness (QED) is 0.448. The van der Waals surface area contributed by atoms with Gasteiger partial charge in [0, 0.05) is 32.7 Å². The van der Waals surface area contributed by atoms with Crippen molar-refractivity contribution in [1.82, 2.24) is 24.0 Å². The van der Waals surface area contributed by atoms with Crippen LogP contribution in [-0.4, -0.2) is 70.2 Å². The first-order valence-electron chi connectivity index (χ1n) is 10.8. The number of sulfonamides is 1. The number of nitrogens with zero attached hydrogens (tertiary/aromatic N) is 5. The third-order valence-corrected chi connectivity index (χ3v) is 8.44. The lowest BCUT2D eigenvalue weighted by Crippen LogP contribution is -2.51. The highest BCUT2D eigenvalue weighted by Crippen LogP contribution is 2.27. The Morgan fingerprint density at radius 2 is 1.82 bits per heavy atom. The van der Waals surface area contributed by atoms with Crippen molar-refractivity contribution >= 4 is 27.7 Å². The Bertz CT molecular complexity index is 1200. The maximum atomic E-state index is 12.8. The van der Waals surface area contributed by atoms with E-state index in [0.717, 1.165) is 22.7 Å². The molecule has 2 aromatic heterocycles. The van der Waals surface area contributed by atoms with E-state index in [9.17, 15) is 13.2 Å². The fourth-order valence-electron chi connectivity index (χ4n) is 3.81. The molecule has 1 aliphatic rings. The first-order valence-corrected chi connectivity index (χ1v) is 13.4. The minimum absolute atomic E-state index is 0.0250. The molecular formula is C22H27N5O4S2. The van der Waals surface area contributed by atoms with E-state index >= 15 is 0 Å². The van der Waals surface area contributed by atoms with E-state index in [1.165, 1.54) is 16.1 Å². The van der Waals surface area contributed by atoms with Crippen molar-refractivity contribution in [3.63, 3.8) is 0 Å².